The molecule has 1 rings (SSSR count). The smallest absolute Gasteiger partial charge is 0.429 e. The Morgan fingerprint density at radius 1 is 1.10 bits per heavy atom. The molecule has 20 heavy (non-hydrogen) atoms. The van der Waals surface area contributed by atoms with Gasteiger partial charge in [-0.15, -0.1) is 0 Å². The minimum absolute atomic E-state index is 0.0361. The van der Waals surface area contributed by atoms with E-state index in [0.717, 1.165) is 18.4 Å². The molecule has 1 aromatic rings. The van der Waals surface area contributed by atoms with Crippen LogP contribution in [0.15, 0.2) is 30.3 Å². The van der Waals surface area contributed by atoms with Crippen LogP contribution < -0.4 is 0 Å². The second kappa shape index (κ2) is 9.13. The number of rotatable bonds is 8. The second-order valence-corrected chi connectivity index (χ2v) is 4.64. The zero-order valence-electron chi connectivity index (χ0n) is 12.1. The standard InChI is InChI=1S/C16H22O4/c1-3-8-14(17)15(9-4-2)20-16(18)19-12-13-10-6-5-7-11-13/h5-7,10-11,15H,3-4,8-9,12H2,1-2H3. The third kappa shape index (κ3) is 5.87. The molecule has 0 heterocycles. The van der Waals surface area contributed by atoms with Gasteiger partial charge in [0.05, 0.1) is 0 Å². The van der Waals surface area contributed by atoms with Crippen LogP contribution in [0.4, 0.5) is 4.79 Å². The molecular weight excluding hydrogens is 256 g/mol. The Hall–Kier alpha value is -1.84. The first-order chi connectivity index (χ1) is 9.67. The summed E-state index contributed by atoms with van der Waals surface area (Å²) in [5.74, 6) is -0.0361. The number of ether oxygens (including phenoxy) is 2. The van der Waals surface area contributed by atoms with Crippen molar-refractivity contribution in [3.8, 4) is 0 Å². The number of hydrogen-bond acceptors (Lipinski definition) is 4. The van der Waals surface area contributed by atoms with Gasteiger partial charge < -0.3 is 9.47 Å². The predicted octanol–water partition coefficient (Wildman–Crippen LogP) is 3.88. The first-order valence-corrected chi connectivity index (χ1v) is 7.07. The second-order valence-electron chi connectivity index (χ2n) is 4.64. The molecule has 0 aliphatic heterocycles. The molecule has 1 aromatic carbocycles. The highest BCUT2D eigenvalue weighted by Crippen LogP contribution is 2.10. The molecule has 0 aromatic heterocycles. The van der Waals surface area contributed by atoms with Gasteiger partial charge in [-0.2, -0.15) is 0 Å². The molecule has 1 unspecified atom stereocenters. The third-order valence-electron chi connectivity index (χ3n) is 2.84. The average Bonchev–Trinajstić information content (AvgIpc) is 2.46. The molecule has 4 heteroatoms. The first-order valence-electron chi connectivity index (χ1n) is 7.07. The van der Waals surface area contributed by atoms with E-state index in [1.165, 1.54) is 0 Å². The van der Waals surface area contributed by atoms with Crippen molar-refractivity contribution in [1.29, 1.82) is 0 Å². The average molecular weight is 278 g/mol. The molecule has 0 aliphatic rings. The summed E-state index contributed by atoms with van der Waals surface area (Å²) in [6.45, 7) is 4.03. The van der Waals surface area contributed by atoms with Crippen LogP contribution in [0.25, 0.3) is 0 Å². The summed E-state index contributed by atoms with van der Waals surface area (Å²) >= 11 is 0. The lowest BCUT2D eigenvalue weighted by Crippen LogP contribution is -2.27. The highest BCUT2D eigenvalue weighted by Gasteiger charge is 2.21. The number of ketones is 1. The van der Waals surface area contributed by atoms with Crippen LogP contribution in [0.1, 0.15) is 45.1 Å². The third-order valence-corrected chi connectivity index (χ3v) is 2.84. The van der Waals surface area contributed by atoms with Crippen molar-refractivity contribution >= 4 is 11.9 Å². The van der Waals surface area contributed by atoms with Crippen molar-refractivity contribution < 1.29 is 19.1 Å². The number of benzene rings is 1. The number of carbonyl (C=O) groups is 2. The molecule has 0 fully saturated rings. The molecule has 0 saturated heterocycles. The number of carbonyl (C=O) groups excluding carboxylic acids is 2. The fraction of sp³-hybridized carbons (Fsp3) is 0.500. The van der Waals surface area contributed by atoms with Gasteiger partial charge in [0.2, 0.25) is 0 Å². The topological polar surface area (TPSA) is 52.6 Å². The number of hydrogen-bond donors (Lipinski definition) is 0. The fourth-order valence-electron chi connectivity index (χ4n) is 1.82. The van der Waals surface area contributed by atoms with Crippen molar-refractivity contribution in [3.05, 3.63) is 35.9 Å². The van der Waals surface area contributed by atoms with Crippen LogP contribution in [-0.2, 0) is 20.9 Å². The van der Waals surface area contributed by atoms with Gasteiger partial charge in [0.15, 0.2) is 11.9 Å². The Balaban J connectivity index is 2.43. The molecule has 4 nitrogen and oxygen atoms in total. The van der Waals surface area contributed by atoms with Gasteiger partial charge >= 0.3 is 6.16 Å². The maximum atomic E-state index is 11.8. The molecular formula is C16H22O4. The summed E-state index contributed by atoms with van der Waals surface area (Å²) < 4.78 is 10.1. The van der Waals surface area contributed by atoms with E-state index in [9.17, 15) is 9.59 Å². The first kappa shape index (κ1) is 16.2. The largest absolute Gasteiger partial charge is 0.509 e. The van der Waals surface area contributed by atoms with E-state index in [1.54, 1.807) is 0 Å². The van der Waals surface area contributed by atoms with Crippen molar-refractivity contribution in [2.24, 2.45) is 0 Å². The maximum Gasteiger partial charge on any atom is 0.509 e. The lowest BCUT2D eigenvalue weighted by molar-refractivity contribution is -0.129. The summed E-state index contributed by atoms with van der Waals surface area (Å²) in [7, 11) is 0. The SMILES string of the molecule is CCCC(=O)C(CCC)OC(=O)OCc1ccccc1. The number of Topliss-reactive ketones (excluding diaryl/α,β-unsaturated/α-hetero) is 1. The molecule has 0 radical (unpaired) electrons. The van der Waals surface area contributed by atoms with Crippen LogP contribution in [0, 0.1) is 0 Å². The lowest BCUT2D eigenvalue weighted by Gasteiger charge is -2.15. The summed E-state index contributed by atoms with van der Waals surface area (Å²) in [5, 5.41) is 0. The summed E-state index contributed by atoms with van der Waals surface area (Å²) in [6, 6.07) is 9.35. The zero-order chi connectivity index (χ0) is 14.8. The molecule has 0 bridgehead atoms. The van der Waals surface area contributed by atoms with Crippen LogP contribution in [-0.4, -0.2) is 18.0 Å². The van der Waals surface area contributed by atoms with Crippen LogP contribution in [0.5, 0.6) is 0 Å². The molecule has 0 N–H and O–H groups in total. The Kier molecular flexibility index (Phi) is 7.40. The van der Waals surface area contributed by atoms with E-state index in [2.05, 4.69) is 0 Å². The lowest BCUT2D eigenvalue weighted by atomic mass is 10.1. The van der Waals surface area contributed by atoms with Crippen molar-refractivity contribution in [2.75, 3.05) is 0 Å². The van der Waals surface area contributed by atoms with E-state index >= 15 is 0 Å². The van der Waals surface area contributed by atoms with Crippen molar-refractivity contribution in [1.82, 2.24) is 0 Å². The molecule has 110 valence electrons. The Labute approximate surface area is 120 Å². The monoisotopic (exact) mass is 278 g/mol. The summed E-state index contributed by atoms with van der Waals surface area (Å²) in [5.41, 5.74) is 0.886. The predicted molar refractivity (Wildman–Crippen MR) is 76.3 cm³/mol. The molecule has 1 atom stereocenters. The molecule has 0 amide bonds. The van der Waals surface area contributed by atoms with Gasteiger partial charge in [-0.1, -0.05) is 50.6 Å². The molecule has 0 saturated carbocycles. The fourth-order valence-corrected chi connectivity index (χ4v) is 1.82. The van der Waals surface area contributed by atoms with Crippen LogP contribution >= 0.6 is 0 Å². The Morgan fingerprint density at radius 3 is 2.40 bits per heavy atom. The Morgan fingerprint density at radius 2 is 1.80 bits per heavy atom. The highest BCUT2D eigenvalue weighted by atomic mass is 16.7. The van der Waals surface area contributed by atoms with Crippen LogP contribution in [0.2, 0.25) is 0 Å². The summed E-state index contributed by atoms with van der Waals surface area (Å²) in [4.78, 5) is 23.4. The Bertz CT molecular complexity index is 414. The van der Waals surface area contributed by atoms with Gasteiger partial charge in [0.25, 0.3) is 0 Å². The zero-order valence-corrected chi connectivity index (χ0v) is 12.1. The van der Waals surface area contributed by atoms with E-state index in [4.69, 9.17) is 9.47 Å². The van der Waals surface area contributed by atoms with Crippen LogP contribution in [0.3, 0.4) is 0 Å². The summed E-state index contributed by atoms with van der Waals surface area (Å²) in [6.07, 6.45) is 1.05. The van der Waals surface area contributed by atoms with E-state index in [1.807, 2.05) is 44.2 Å². The van der Waals surface area contributed by atoms with E-state index in [0.29, 0.717) is 12.8 Å². The van der Waals surface area contributed by atoms with Gasteiger partial charge in [-0.3, -0.25) is 4.79 Å². The van der Waals surface area contributed by atoms with Gasteiger partial charge in [0, 0.05) is 6.42 Å². The normalized spacial score (nSPS) is 11.7. The van der Waals surface area contributed by atoms with E-state index < -0.39 is 12.3 Å². The maximum absolute atomic E-state index is 11.8. The molecule has 0 aliphatic carbocycles. The minimum atomic E-state index is -0.781. The quantitative estimate of drug-likeness (QED) is 0.677. The van der Waals surface area contributed by atoms with Gasteiger partial charge in [-0.25, -0.2) is 4.79 Å². The highest BCUT2D eigenvalue weighted by molar-refractivity contribution is 5.84. The van der Waals surface area contributed by atoms with E-state index in [-0.39, 0.29) is 12.4 Å². The van der Waals surface area contributed by atoms with Gasteiger partial charge in [0.1, 0.15) is 6.61 Å². The van der Waals surface area contributed by atoms with Crippen molar-refractivity contribution in [2.45, 2.75) is 52.2 Å². The molecule has 0 spiro atoms. The van der Waals surface area contributed by atoms with Crippen molar-refractivity contribution in [3.63, 3.8) is 0 Å². The van der Waals surface area contributed by atoms with Gasteiger partial charge in [-0.05, 0) is 18.4 Å². The minimum Gasteiger partial charge on any atom is -0.429 e.